The van der Waals surface area contributed by atoms with E-state index in [1.165, 1.54) is 12.0 Å². The number of anilines is 1. The predicted octanol–water partition coefficient (Wildman–Crippen LogP) is 3.31. The summed E-state index contributed by atoms with van der Waals surface area (Å²) in [6, 6.07) is 5.85. The molecule has 1 aliphatic rings. The van der Waals surface area contributed by atoms with Crippen LogP contribution in [0.1, 0.15) is 26.7 Å². The van der Waals surface area contributed by atoms with Crippen LogP contribution in [0.4, 0.5) is 10.5 Å². The fourth-order valence-corrected chi connectivity index (χ4v) is 2.87. The first kappa shape index (κ1) is 16.6. The van der Waals surface area contributed by atoms with E-state index in [4.69, 9.17) is 16.3 Å². The maximum absolute atomic E-state index is 12.7. The molecule has 1 fully saturated rings. The van der Waals surface area contributed by atoms with Crippen molar-refractivity contribution in [1.29, 1.82) is 0 Å². The number of urea groups is 1. The molecule has 0 aliphatic carbocycles. The number of unbranched alkanes of at least 4 members (excludes halogenated alkanes) is 1. The summed E-state index contributed by atoms with van der Waals surface area (Å²) in [6.07, 6.45) is 1.89. The number of carbonyl (C=O) groups excluding carboxylic acids is 2. The zero-order valence-corrected chi connectivity index (χ0v) is 13.8. The number of ether oxygens (including phenoxy) is 1. The molecule has 1 heterocycles. The summed E-state index contributed by atoms with van der Waals surface area (Å²) < 4.78 is 4.90. The smallest absolute Gasteiger partial charge is 0.331 e. The Labute approximate surface area is 135 Å². The third kappa shape index (κ3) is 3.04. The van der Waals surface area contributed by atoms with E-state index in [2.05, 4.69) is 6.92 Å². The number of benzene rings is 1. The summed E-state index contributed by atoms with van der Waals surface area (Å²) >= 11 is 5.90. The number of carbonyl (C=O) groups is 2. The standard InChI is InChI=1S/C16H21ClN2O3/c1-4-5-10-18-11(2)14(15(20)22-3)19(16(18)21)13-8-6-12(17)7-9-13/h6-9,11,14H,4-5,10H2,1-3H3/t11-,14-/m1/s1. The zero-order valence-electron chi connectivity index (χ0n) is 13.1. The van der Waals surface area contributed by atoms with Crippen LogP contribution in [0.25, 0.3) is 0 Å². The van der Waals surface area contributed by atoms with Gasteiger partial charge in [0.1, 0.15) is 0 Å². The third-order valence-electron chi connectivity index (χ3n) is 3.98. The Morgan fingerprint density at radius 3 is 2.50 bits per heavy atom. The summed E-state index contributed by atoms with van der Waals surface area (Å²) in [5.74, 6) is -0.408. The highest BCUT2D eigenvalue weighted by molar-refractivity contribution is 6.30. The number of hydrogen-bond donors (Lipinski definition) is 0. The van der Waals surface area contributed by atoms with E-state index < -0.39 is 12.0 Å². The molecule has 2 amide bonds. The van der Waals surface area contributed by atoms with Crippen molar-refractivity contribution in [1.82, 2.24) is 4.90 Å². The van der Waals surface area contributed by atoms with Gasteiger partial charge in [-0.3, -0.25) is 4.90 Å². The topological polar surface area (TPSA) is 49.9 Å². The zero-order chi connectivity index (χ0) is 16.3. The van der Waals surface area contributed by atoms with Gasteiger partial charge in [0.2, 0.25) is 0 Å². The van der Waals surface area contributed by atoms with Crippen molar-refractivity contribution in [2.24, 2.45) is 0 Å². The van der Waals surface area contributed by atoms with Crippen molar-refractivity contribution in [3.8, 4) is 0 Å². The molecule has 0 N–H and O–H groups in total. The first-order valence-corrected chi connectivity index (χ1v) is 7.82. The van der Waals surface area contributed by atoms with Crippen LogP contribution in [0.2, 0.25) is 5.02 Å². The first-order valence-electron chi connectivity index (χ1n) is 7.44. The Balaban J connectivity index is 2.36. The molecule has 0 unspecified atom stereocenters. The lowest BCUT2D eigenvalue weighted by atomic mass is 10.1. The molecule has 0 saturated carbocycles. The molecule has 1 aromatic carbocycles. The highest BCUT2D eigenvalue weighted by atomic mass is 35.5. The molecular weight excluding hydrogens is 304 g/mol. The Bertz CT molecular complexity index is 547. The van der Waals surface area contributed by atoms with E-state index in [0.29, 0.717) is 17.3 Å². The predicted molar refractivity (Wildman–Crippen MR) is 86.2 cm³/mol. The van der Waals surface area contributed by atoms with Gasteiger partial charge >= 0.3 is 12.0 Å². The minimum absolute atomic E-state index is 0.168. The highest BCUT2D eigenvalue weighted by Gasteiger charge is 2.48. The van der Waals surface area contributed by atoms with Crippen molar-refractivity contribution >= 4 is 29.3 Å². The van der Waals surface area contributed by atoms with Crippen LogP contribution in [0.3, 0.4) is 0 Å². The molecule has 0 radical (unpaired) electrons. The van der Waals surface area contributed by atoms with E-state index in [9.17, 15) is 9.59 Å². The number of hydrogen-bond acceptors (Lipinski definition) is 3. The Kier molecular flexibility index (Phi) is 5.29. The number of methoxy groups -OCH3 is 1. The van der Waals surface area contributed by atoms with E-state index in [0.717, 1.165) is 12.8 Å². The van der Waals surface area contributed by atoms with Gasteiger partial charge in [0.25, 0.3) is 0 Å². The molecule has 0 spiro atoms. The molecule has 1 saturated heterocycles. The SMILES string of the molecule is CCCCN1C(=O)N(c2ccc(Cl)cc2)[C@@H](C(=O)OC)[C@H]1C. The molecule has 5 nitrogen and oxygen atoms in total. The van der Waals surface area contributed by atoms with E-state index >= 15 is 0 Å². The van der Waals surface area contributed by atoms with Gasteiger partial charge in [-0.1, -0.05) is 24.9 Å². The van der Waals surface area contributed by atoms with Crippen LogP contribution in [0.5, 0.6) is 0 Å². The Morgan fingerprint density at radius 2 is 1.95 bits per heavy atom. The highest BCUT2D eigenvalue weighted by Crippen LogP contribution is 2.31. The van der Waals surface area contributed by atoms with Crippen molar-refractivity contribution < 1.29 is 14.3 Å². The number of amides is 2. The molecular formula is C16H21ClN2O3. The monoisotopic (exact) mass is 324 g/mol. The maximum atomic E-state index is 12.7. The second-order valence-electron chi connectivity index (χ2n) is 5.38. The van der Waals surface area contributed by atoms with Crippen molar-refractivity contribution in [3.05, 3.63) is 29.3 Å². The largest absolute Gasteiger partial charge is 0.467 e. The molecule has 22 heavy (non-hydrogen) atoms. The van der Waals surface area contributed by atoms with Crippen molar-refractivity contribution in [2.75, 3.05) is 18.6 Å². The minimum Gasteiger partial charge on any atom is -0.467 e. The van der Waals surface area contributed by atoms with Gasteiger partial charge < -0.3 is 9.64 Å². The fourth-order valence-electron chi connectivity index (χ4n) is 2.74. The van der Waals surface area contributed by atoms with Gasteiger partial charge in [-0.2, -0.15) is 0 Å². The molecule has 1 aromatic rings. The number of rotatable bonds is 5. The normalized spacial score (nSPS) is 21.4. The molecule has 1 aliphatic heterocycles. The van der Waals surface area contributed by atoms with Crippen LogP contribution < -0.4 is 4.90 Å². The second kappa shape index (κ2) is 7.01. The maximum Gasteiger partial charge on any atom is 0.331 e. The van der Waals surface area contributed by atoms with Gasteiger partial charge in [-0.15, -0.1) is 0 Å². The number of esters is 1. The van der Waals surface area contributed by atoms with Crippen LogP contribution in [-0.2, 0) is 9.53 Å². The summed E-state index contributed by atoms with van der Waals surface area (Å²) in [7, 11) is 1.34. The number of nitrogens with zero attached hydrogens (tertiary/aromatic N) is 2. The van der Waals surface area contributed by atoms with Crippen molar-refractivity contribution in [2.45, 2.75) is 38.8 Å². The van der Waals surface area contributed by atoms with Crippen LogP contribution in [-0.4, -0.2) is 42.6 Å². The fraction of sp³-hybridized carbons (Fsp3) is 0.500. The van der Waals surface area contributed by atoms with Gasteiger partial charge in [0.15, 0.2) is 6.04 Å². The second-order valence-corrected chi connectivity index (χ2v) is 5.82. The van der Waals surface area contributed by atoms with Crippen LogP contribution in [0.15, 0.2) is 24.3 Å². The molecule has 2 rings (SSSR count). The molecule has 0 aromatic heterocycles. The van der Waals surface area contributed by atoms with Gasteiger partial charge in [-0.25, -0.2) is 9.59 Å². The molecule has 6 heteroatoms. The summed E-state index contributed by atoms with van der Waals surface area (Å²) in [5.41, 5.74) is 0.649. The lowest BCUT2D eigenvalue weighted by molar-refractivity contribution is -0.142. The van der Waals surface area contributed by atoms with Gasteiger partial charge in [-0.05, 0) is 37.6 Å². The number of halogens is 1. The summed E-state index contributed by atoms with van der Waals surface area (Å²) in [4.78, 5) is 28.2. The summed E-state index contributed by atoms with van der Waals surface area (Å²) in [6.45, 7) is 4.58. The van der Waals surface area contributed by atoms with E-state index in [-0.39, 0.29) is 12.1 Å². The van der Waals surface area contributed by atoms with Gasteiger partial charge in [0, 0.05) is 17.3 Å². The summed E-state index contributed by atoms with van der Waals surface area (Å²) in [5, 5.41) is 0.584. The minimum atomic E-state index is -0.643. The Hall–Kier alpha value is -1.75. The lowest BCUT2D eigenvalue weighted by Crippen LogP contribution is -2.43. The van der Waals surface area contributed by atoms with Crippen LogP contribution in [0, 0.1) is 0 Å². The van der Waals surface area contributed by atoms with E-state index in [1.54, 1.807) is 29.2 Å². The Morgan fingerprint density at radius 1 is 1.32 bits per heavy atom. The average Bonchev–Trinajstić information content (AvgIpc) is 2.76. The van der Waals surface area contributed by atoms with E-state index in [1.807, 2.05) is 6.92 Å². The third-order valence-corrected chi connectivity index (χ3v) is 4.23. The molecule has 120 valence electrons. The lowest BCUT2D eigenvalue weighted by Gasteiger charge is -2.23. The van der Waals surface area contributed by atoms with Crippen LogP contribution >= 0.6 is 11.6 Å². The van der Waals surface area contributed by atoms with Crippen molar-refractivity contribution in [3.63, 3.8) is 0 Å². The quantitative estimate of drug-likeness (QED) is 0.781. The first-order chi connectivity index (χ1) is 10.5. The van der Waals surface area contributed by atoms with Gasteiger partial charge in [0.05, 0.1) is 13.2 Å². The average molecular weight is 325 g/mol. The molecule has 0 bridgehead atoms. The molecule has 2 atom stereocenters.